The highest BCUT2D eigenvalue weighted by atomic mass is 16.5. The van der Waals surface area contributed by atoms with Gasteiger partial charge in [0.15, 0.2) is 18.1 Å². The fourth-order valence-corrected chi connectivity index (χ4v) is 1.96. The van der Waals surface area contributed by atoms with Crippen LogP contribution in [-0.2, 0) is 9.59 Å². The van der Waals surface area contributed by atoms with Gasteiger partial charge >= 0.3 is 0 Å². The Balaban J connectivity index is 2.20. The van der Waals surface area contributed by atoms with Crippen LogP contribution in [0.2, 0.25) is 0 Å². The number of carbonyl (C=O) groups excluding carboxylic acids is 2. The lowest BCUT2D eigenvalue weighted by Gasteiger charge is -2.11. The quantitative estimate of drug-likeness (QED) is 0.548. The maximum Gasteiger partial charge on any atom is 0.262 e. The minimum absolute atomic E-state index is 0.0233. The van der Waals surface area contributed by atoms with Crippen molar-refractivity contribution in [1.82, 2.24) is 5.32 Å². The standard InChI is InChI=1S/C17H19N3O4/c1-2-23-15-8-11(3-6-14(15)24-10-16(19)21)7-12(9-18)17(22)20-13-4-5-13/h3,6-8,13H,2,4-5,10H2,1H3,(H2,19,21)(H,20,22)/b12-7+. The summed E-state index contributed by atoms with van der Waals surface area (Å²) in [5, 5.41) is 11.9. The van der Waals surface area contributed by atoms with E-state index in [1.165, 1.54) is 6.08 Å². The van der Waals surface area contributed by atoms with Crippen molar-refractivity contribution in [3.8, 4) is 17.6 Å². The maximum absolute atomic E-state index is 12.0. The molecule has 0 spiro atoms. The maximum atomic E-state index is 12.0. The molecule has 0 atom stereocenters. The van der Waals surface area contributed by atoms with Gasteiger partial charge in [-0.1, -0.05) is 6.07 Å². The van der Waals surface area contributed by atoms with Gasteiger partial charge in [0.1, 0.15) is 11.6 Å². The van der Waals surface area contributed by atoms with Gasteiger partial charge in [0.2, 0.25) is 0 Å². The minimum Gasteiger partial charge on any atom is -0.490 e. The van der Waals surface area contributed by atoms with Crippen molar-refractivity contribution in [2.24, 2.45) is 5.73 Å². The molecule has 0 saturated heterocycles. The number of nitrogens with two attached hydrogens (primary N) is 1. The van der Waals surface area contributed by atoms with Crippen molar-refractivity contribution in [3.05, 3.63) is 29.3 Å². The molecule has 1 saturated carbocycles. The third-order valence-electron chi connectivity index (χ3n) is 3.23. The zero-order chi connectivity index (χ0) is 17.5. The molecule has 1 aromatic carbocycles. The molecule has 0 aliphatic heterocycles. The molecule has 2 rings (SSSR count). The number of ether oxygens (including phenoxy) is 2. The van der Waals surface area contributed by atoms with E-state index < -0.39 is 5.91 Å². The van der Waals surface area contributed by atoms with Gasteiger partial charge in [-0.3, -0.25) is 9.59 Å². The van der Waals surface area contributed by atoms with E-state index in [1.807, 2.05) is 13.0 Å². The number of nitrogens with zero attached hydrogens (tertiary/aromatic N) is 1. The molecule has 1 fully saturated rings. The second-order valence-electron chi connectivity index (χ2n) is 5.31. The molecule has 7 heteroatoms. The summed E-state index contributed by atoms with van der Waals surface area (Å²) in [6.45, 7) is 1.94. The fraction of sp³-hybridized carbons (Fsp3) is 0.353. The first-order chi connectivity index (χ1) is 11.5. The summed E-state index contributed by atoms with van der Waals surface area (Å²) in [7, 11) is 0. The van der Waals surface area contributed by atoms with Gasteiger partial charge in [0, 0.05) is 6.04 Å². The Morgan fingerprint density at radius 3 is 2.71 bits per heavy atom. The van der Waals surface area contributed by atoms with Crippen molar-refractivity contribution in [2.75, 3.05) is 13.2 Å². The molecule has 24 heavy (non-hydrogen) atoms. The topological polar surface area (TPSA) is 114 Å². The summed E-state index contributed by atoms with van der Waals surface area (Å²) in [4.78, 5) is 22.8. The molecular formula is C17H19N3O4. The van der Waals surface area contributed by atoms with Crippen LogP contribution in [0.15, 0.2) is 23.8 Å². The first-order valence-electron chi connectivity index (χ1n) is 7.64. The van der Waals surface area contributed by atoms with Gasteiger partial charge in [-0.15, -0.1) is 0 Å². The minimum atomic E-state index is -0.593. The SMILES string of the molecule is CCOc1cc(/C=C(\C#N)C(=O)NC2CC2)ccc1OCC(N)=O. The van der Waals surface area contributed by atoms with Crippen molar-refractivity contribution < 1.29 is 19.1 Å². The number of hydrogen-bond acceptors (Lipinski definition) is 5. The molecular weight excluding hydrogens is 310 g/mol. The first-order valence-corrected chi connectivity index (χ1v) is 7.64. The van der Waals surface area contributed by atoms with Crippen LogP contribution in [0.3, 0.4) is 0 Å². The molecule has 7 nitrogen and oxygen atoms in total. The summed E-state index contributed by atoms with van der Waals surface area (Å²) in [6, 6.07) is 7.00. The number of nitriles is 1. The van der Waals surface area contributed by atoms with Crippen LogP contribution in [0.5, 0.6) is 11.5 Å². The number of hydrogen-bond donors (Lipinski definition) is 2. The van der Waals surface area contributed by atoms with Crippen LogP contribution in [-0.4, -0.2) is 31.1 Å². The van der Waals surface area contributed by atoms with Crippen molar-refractivity contribution in [1.29, 1.82) is 5.26 Å². The zero-order valence-corrected chi connectivity index (χ0v) is 13.4. The second-order valence-corrected chi connectivity index (χ2v) is 5.31. The van der Waals surface area contributed by atoms with Gasteiger partial charge in [-0.25, -0.2) is 0 Å². The monoisotopic (exact) mass is 329 g/mol. The molecule has 0 bridgehead atoms. The molecule has 2 amide bonds. The predicted octanol–water partition coefficient (Wildman–Crippen LogP) is 1.13. The third kappa shape index (κ3) is 5.02. The number of amides is 2. The van der Waals surface area contributed by atoms with Crippen LogP contribution in [0.25, 0.3) is 6.08 Å². The van der Waals surface area contributed by atoms with Crippen molar-refractivity contribution >= 4 is 17.9 Å². The third-order valence-corrected chi connectivity index (χ3v) is 3.23. The number of carbonyl (C=O) groups is 2. The van der Waals surface area contributed by atoms with E-state index in [0.29, 0.717) is 23.7 Å². The Morgan fingerprint density at radius 1 is 1.38 bits per heavy atom. The van der Waals surface area contributed by atoms with Crippen molar-refractivity contribution in [2.45, 2.75) is 25.8 Å². The predicted molar refractivity (Wildman–Crippen MR) is 87.1 cm³/mol. The molecule has 1 aliphatic rings. The van der Waals surface area contributed by atoms with Crippen LogP contribution in [0.4, 0.5) is 0 Å². The largest absolute Gasteiger partial charge is 0.490 e. The highest BCUT2D eigenvalue weighted by Crippen LogP contribution is 2.29. The Labute approximate surface area is 140 Å². The van der Waals surface area contributed by atoms with E-state index in [2.05, 4.69) is 5.32 Å². The van der Waals surface area contributed by atoms with E-state index >= 15 is 0 Å². The summed E-state index contributed by atoms with van der Waals surface area (Å²) in [5.74, 6) is -0.196. The normalized spacial score (nSPS) is 13.8. The van der Waals surface area contributed by atoms with Crippen LogP contribution < -0.4 is 20.5 Å². The lowest BCUT2D eigenvalue weighted by atomic mass is 10.1. The number of rotatable bonds is 8. The van der Waals surface area contributed by atoms with Crippen LogP contribution in [0, 0.1) is 11.3 Å². The van der Waals surface area contributed by atoms with Crippen molar-refractivity contribution in [3.63, 3.8) is 0 Å². The molecule has 126 valence electrons. The highest BCUT2D eigenvalue weighted by molar-refractivity contribution is 6.02. The average Bonchev–Trinajstić information content (AvgIpc) is 3.35. The van der Waals surface area contributed by atoms with E-state index in [1.54, 1.807) is 18.2 Å². The molecule has 1 aromatic rings. The summed E-state index contributed by atoms with van der Waals surface area (Å²) in [5.41, 5.74) is 5.70. The Hall–Kier alpha value is -3.01. The molecule has 1 aliphatic carbocycles. The van der Waals surface area contributed by atoms with Crippen LogP contribution in [0.1, 0.15) is 25.3 Å². The smallest absolute Gasteiger partial charge is 0.262 e. The Kier molecular flexibility index (Phi) is 5.79. The molecule has 0 radical (unpaired) electrons. The number of benzene rings is 1. The lowest BCUT2D eigenvalue weighted by Crippen LogP contribution is -2.26. The summed E-state index contributed by atoms with van der Waals surface area (Å²) < 4.78 is 10.8. The van der Waals surface area contributed by atoms with Crippen LogP contribution >= 0.6 is 0 Å². The molecule has 3 N–H and O–H groups in total. The van der Waals surface area contributed by atoms with Gasteiger partial charge in [0.25, 0.3) is 11.8 Å². The average molecular weight is 329 g/mol. The fourth-order valence-electron chi connectivity index (χ4n) is 1.96. The van der Waals surface area contributed by atoms with E-state index in [9.17, 15) is 14.9 Å². The number of nitrogens with one attached hydrogen (secondary N) is 1. The Bertz CT molecular complexity index is 702. The number of primary amides is 1. The summed E-state index contributed by atoms with van der Waals surface area (Å²) in [6.07, 6.45) is 3.38. The Morgan fingerprint density at radius 2 is 2.12 bits per heavy atom. The van der Waals surface area contributed by atoms with Gasteiger partial charge in [-0.2, -0.15) is 5.26 Å². The summed E-state index contributed by atoms with van der Waals surface area (Å²) >= 11 is 0. The van der Waals surface area contributed by atoms with E-state index in [-0.39, 0.29) is 24.1 Å². The molecule has 0 heterocycles. The lowest BCUT2D eigenvalue weighted by molar-refractivity contribution is -0.120. The molecule has 0 unspecified atom stereocenters. The zero-order valence-electron chi connectivity index (χ0n) is 13.4. The van der Waals surface area contributed by atoms with E-state index in [4.69, 9.17) is 15.2 Å². The van der Waals surface area contributed by atoms with E-state index in [0.717, 1.165) is 12.8 Å². The first kappa shape index (κ1) is 17.3. The van der Waals surface area contributed by atoms with Gasteiger partial charge in [0.05, 0.1) is 6.61 Å². The van der Waals surface area contributed by atoms with Gasteiger partial charge < -0.3 is 20.5 Å². The highest BCUT2D eigenvalue weighted by Gasteiger charge is 2.24. The second kappa shape index (κ2) is 8.02. The molecule has 0 aromatic heterocycles. The van der Waals surface area contributed by atoms with Gasteiger partial charge in [-0.05, 0) is 43.5 Å².